The topological polar surface area (TPSA) is 158 Å². The van der Waals surface area contributed by atoms with Gasteiger partial charge < -0.3 is 25.4 Å². The average molecular weight is 499 g/mol. The summed E-state index contributed by atoms with van der Waals surface area (Å²) in [4.78, 5) is 40.0. The Morgan fingerprint density at radius 3 is 1.76 bits per heavy atom. The molecule has 10 heteroatoms. The maximum absolute atomic E-state index is 11.0. The number of benzene rings is 2. The molecule has 4 aromatic rings. The molecule has 0 atom stereocenters. The van der Waals surface area contributed by atoms with Gasteiger partial charge in [0.1, 0.15) is 6.29 Å². The molecule has 0 unspecified atom stereocenters. The molecule has 9 nitrogen and oxygen atoms in total. The summed E-state index contributed by atoms with van der Waals surface area (Å²) in [5.74, 6) is -2.36. The molecule has 4 rings (SSSR count). The van der Waals surface area contributed by atoms with E-state index in [0.717, 1.165) is 34.3 Å². The van der Waals surface area contributed by atoms with Gasteiger partial charge in [-0.15, -0.1) is 0 Å². The van der Waals surface area contributed by atoms with Crippen molar-refractivity contribution in [2.24, 2.45) is 0 Å². The number of carbonyl (C=O) groups excluding carboxylic acids is 3. The first-order chi connectivity index (χ1) is 14.9. The first kappa shape index (κ1) is 29.1. The zero-order valence-corrected chi connectivity index (χ0v) is 18.6. The third kappa shape index (κ3) is 7.97. The number of carboxylic acids is 1. The molecule has 1 amide bonds. The molecule has 0 saturated heterocycles. The van der Waals surface area contributed by atoms with Crippen LogP contribution in [0.25, 0.3) is 21.8 Å². The molecule has 2 aromatic heterocycles. The second-order valence-corrected chi connectivity index (χ2v) is 6.41. The van der Waals surface area contributed by atoms with E-state index in [1.54, 1.807) is 26.5 Å². The Morgan fingerprint density at radius 1 is 0.879 bits per heavy atom. The zero-order valence-electron chi connectivity index (χ0n) is 17.7. The van der Waals surface area contributed by atoms with Crippen molar-refractivity contribution >= 4 is 40.5 Å². The van der Waals surface area contributed by atoms with Crippen molar-refractivity contribution in [1.82, 2.24) is 14.9 Å². The van der Waals surface area contributed by atoms with Crippen LogP contribution in [0.3, 0.4) is 0 Å². The van der Waals surface area contributed by atoms with Gasteiger partial charge in [0.25, 0.3) is 0 Å². The normalized spacial score (nSPS) is 9.03. The van der Waals surface area contributed by atoms with E-state index in [9.17, 15) is 24.6 Å². The van der Waals surface area contributed by atoms with E-state index in [2.05, 4.69) is 34.2 Å². The summed E-state index contributed by atoms with van der Waals surface area (Å²) in [5.41, 5.74) is 1.30. The Hall–Kier alpha value is -3.85. The van der Waals surface area contributed by atoms with Crippen molar-refractivity contribution in [3.63, 3.8) is 0 Å². The molecule has 0 fully saturated rings. The van der Waals surface area contributed by atoms with Crippen LogP contribution in [0.1, 0.15) is 20.7 Å². The smallest absolute Gasteiger partial charge is 0.872 e. The monoisotopic (exact) mass is 498 g/mol. The van der Waals surface area contributed by atoms with Crippen LogP contribution in [0.5, 0.6) is 5.75 Å². The Bertz CT molecular complexity index is 1160. The summed E-state index contributed by atoms with van der Waals surface area (Å²) in [7, 11) is 3.38. The van der Waals surface area contributed by atoms with E-state index >= 15 is 0 Å². The molecule has 0 aliphatic rings. The molecule has 0 aliphatic carbocycles. The Labute approximate surface area is 200 Å². The molecular weight excluding hydrogens is 478 g/mol. The second kappa shape index (κ2) is 14.3. The Kier molecular flexibility index (Phi) is 12.6. The van der Waals surface area contributed by atoms with Crippen LogP contribution in [-0.2, 0) is 21.9 Å². The maximum Gasteiger partial charge on any atom is 2.00 e. The number of pyridine rings is 2. The standard InChI is InChI=1S/C12H8N2.C8H6O4.C3H7NO.Cu.H2O/c1-3-9-5-6-10-4-2-8-14-12(10)11(9)13-7-1;9-4-5-2-1-3-6(7(5)10)8(11)12;1-4(2)3-5;;/h1-8H;1-4,10H,(H,11,12);3H,1-2H3;;1H2/q;;;+2;/p-2. The van der Waals surface area contributed by atoms with E-state index < -0.39 is 17.3 Å². The Morgan fingerprint density at radius 2 is 1.36 bits per heavy atom. The van der Waals surface area contributed by atoms with E-state index in [1.165, 1.54) is 17.0 Å². The number of nitrogens with zero attached hydrogens (tertiary/aromatic N) is 3. The number of para-hydroxylation sites is 1. The molecule has 1 radical (unpaired) electrons. The fourth-order valence-corrected chi connectivity index (χ4v) is 2.49. The number of hydrogen-bond acceptors (Lipinski definition) is 7. The van der Waals surface area contributed by atoms with Gasteiger partial charge in [-0.3, -0.25) is 19.6 Å². The molecule has 2 N–H and O–H groups in total. The van der Waals surface area contributed by atoms with Gasteiger partial charge in [0.15, 0.2) is 0 Å². The summed E-state index contributed by atoms with van der Waals surface area (Å²) >= 11 is 0. The number of hydrogen-bond donors (Lipinski definition) is 0. The zero-order chi connectivity index (χ0) is 22.8. The van der Waals surface area contributed by atoms with E-state index in [4.69, 9.17) is 0 Å². The number of fused-ring (bicyclic) bond motifs is 3. The minimum atomic E-state index is -1.57. The molecule has 0 bridgehead atoms. The van der Waals surface area contributed by atoms with Crippen LogP contribution in [0, 0.1) is 0 Å². The summed E-state index contributed by atoms with van der Waals surface area (Å²) < 4.78 is 0. The first-order valence-corrected chi connectivity index (χ1v) is 9.05. The van der Waals surface area contributed by atoms with Gasteiger partial charge in [0.2, 0.25) is 6.41 Å². The first-order valence-electron chi connectivity index (χ1n) is 9.05. The molecule has 0 saturated carbocycles. The van der Waals surface area contributed by atoms with Crippen LogP contribution in [0.15, 0.2) is 67.0 Å². The quantitative estimate of drug-likeness (QED) is 0.227. The van der Waals surface area contributed by atoms with Gasteiger partial charge in [-0.2, -0.15) is 0 Å². The summed E-state index contributed by atoms with van der Waals surface area (Å²) in [5, 5.41) is 23.5. The number of rotatable bonds is 3. The second-order valence-electron chi connectivity index (χ2n) is 6.41. The summed E-state index contributed by atoms with van der Waals surface area (Å²) in [6.07, 6.45) is 4.67. The number of carboxylic acid groups (broad SMARTS) is 1. The van der Waals surface area contributed by atoms with Crippen molar-refractivity contribution in [3.8, 4) is 5.75 Å². The van der Waals surface area contributed by atoms with Crippen molar-refractivity contribution in [2.75, 3.05) is 14.1 Å². The fourth-order valence-electron chi connectivity index (χ4n) is 2.49. The largest absolute Gasteiger partial charge is 2.00 e. The van der Waals surface area contributed by atoms with E-state index in [-0.39, 0.29) is 28.1 Å². The number of aromatic nitrogens is 2. The van der Waals surface area contributed by atoms with Gasteiger partial charge in [-0.05, 0) is 17.7 Å². The van der Waals surface area contributed by atoms with Crippen molar-refractivity contribution in [1.29, 1.82) is 0 Å². The van der Waals surface area contributed by atoms with Gasteiger partial charge in [-0.1, -0.05) is 48.2 Å². The van der Waals surface area contributed by atoms with E-state index in [1.807, 2.05) is 12.1 Å². The molecule has 2 aromatic carbocycles. The third-order valence-corrected chi connectivity index (χ3v) is 3.95. The summed E-state index contributed by atoms with van der Waals surface area (Å²) in [6, 6.07) is 15.8. The molecule has 0 spiro atoms. The van der Waals surface area contributed by atoms with Gasteiger partial charge in [-0.25, -0.2) is 0 Å². The van der Waals surface area contributed by atoms with Crippen molar-refractivity contribution in [3.05, 3.63) is 78.1 Å². The molecule has 2 heterocycles. The molecule has 33 heavy (non-hydrogen) atoms. The van der Waals surface area contributed by atoms with Crippen molar-refractivity contribution in [2.45, 2.75) is 0 Å². The van der Waals surface area contributed by atoms with Crippen molar-refractivity contribution < 1.29 is 47.1 Å². The SMILES string of the molecule is CN(C)C=O.O.O=Cc1cccc(C(=O)[O-])c1[O-].[Cu+2].c1cnc2c(c1)ccc1cccnc12. The predicted octanol–water partition coefficient (Wildman–Crippen LogP) is 0.596. The number of aromatic carboxylic acids is 1. The van der Waals surface area contributed by atoms with Gasteiger partial charge in [0, 0.05) is 42.8 Å². The molecular formula is C23H21CuN3O6. The molecule has 175 valence electrons. The van der Waals surface area contributed by atoms with Crippen LogP contribution in [0.2, 0.25) is 0 Å². The van der Waals surface area contributed by atoms with Gasteiger partial charge in [0.05, 0.1) is 17.0 Å². The number of carbonyl (C=O) groups is 3. The minimum Gasteiger partial charge on any atom is -0.872 e. The fraction of sp³-hybridized carbons (Fsp3) is 0.0870. The van der Waals surface area contributed by atoms with E-state index in [0.29, 0.717) is 6.29 Å². The number of amides is 1. The molecule has 0 aliphatic heterocycles. The van der Waals surface area contributed by atoms with Gasteiger partial charge >= 0.3 is 17.1 Å². The summed E-state index contributed by atoms with van der Waals surface area (Å²) in [6.45, 7) is 0. The minimum absolute atomic E-state index is 0. The van der Waals surface area contributed by atoms with Crippen LogP contribution >= 0.6 is 0 Å². The van der Waals surface area contributed by atoms with Crippen LogP contribution in [0.4, 0.5) is 0 Å². The maximum atomic E-state index is 11.0. The average Bonchev–Trinajstić information content (AvgIpc) is 2.79. The Balaban J connectivity index is 0.000000498. The predicted molar refractivity (Wildman–Crippen MR) is 116 cm³/mol. The van der Waals surface area contributed by atoms with Crippen LogP contribution in [-0.4, -0.2) is 53.1 Å². The van der Waals surface area contributed by atoms with Crippen LogP contribution < -0.4 is 10.2 Å². The third-order valence-electron chi connectivity index (χ3n) is 3.95. The number of aldehydes is 1.